The van der Waals surface area contributed by atoms with Gasteiger partial charge in [0, 0.05) is 25.4 Å². The number of phenols is 1. The van der Waals surface area contributed by atoms with Crippen LogP contribution in [0.15, 0.2) is 18.3 Å². The summed E-state index contributed by atoms with van der Waals surface area (Å²) in [5.41, 5.74) is -0.987. The predicted octanol–water partition coefficient (Wildman–Crippen LogP) is 3.13. The average Bonchev–Trinajstić information content (AvgIpc) is 2.49. The van der Waals surface area contributed by atoms with E-state index in [9.17, 15) is 22.7 Å². The van der Waals surface area contributed by atoms with Crippen LogP contribution in [0.4, 0.5) is 35.0 Å². The third kappa shape index (κ3) is 3.52. The SMILES string of the molecule is CNc1nc(Nc2cc(F)c(O)cc2OC)ncc1C(F)(F)F. The minimum atomic E-state index is -4.61. The van der Waals surface area contributed by atoms with Crippen LogP contribution in [-0.4, -0.2) is 29.2 Å². The van der Waals surface area contributed by atoms with Crippen molar-refractivity contribution in [3.8, 4) is 11.5 Å². The highest BCUT2D eigenvalue weighted by molar-refractivity contribution is 5.65. The molecule has 6 nitrogen and oxygen atoms in total. The van der Waals surface area contributed by atoms with Gasteiger partial charge in [0.1, 0.15) is 17.1 Å². The first-order chi connectivity index (χ1) is 10.8. The monoisotopic (exact) mass is 332 g/mol. The van der Waals surface area contributed by atoms with Crippen molar-refractivity contribution in [2.45, 2.75) is 6.18 Å². The zero-order valence-electron chi connectivity index (χ0n) is 12.0. The van der Waals surface area contributed by atoms with Gasteiger partial charge in [0.05, 0.1) is 12.8 Å². The average molecular weight is 332 g/mol. The standard InChI is InChI=1S/C13H12F4N4O2/c1-18-11-6(13(15,16)17)5-19-12(21-11)20-8-3-7(14)9(22)4-10(8)23-2/h3-5,22H,1-2H3,(H2,18,19,20,21). The number of benzene rings is 1. The number of hydrogen-bond donors (Lipinski definition) is 3. The van der Waals surface area contributed by atoms with Crippen LogP contribution in [0.25, 0.3) is 0 Å². The van der Waals surface area contributed by atoms with Gasteiger partial charge in [-0.15, -0.1) is 0 Å². The van der Waals surface area contributed by atoms with Crippen LogP contribution in [0.5, 0.6) is 11.5 Å². The molecule has 0 radical (unpaired) electrons. The lowest BCUT2D eigenvalue weighted by atomic mass is 10.2. The summed E-state index contributed by atoms with van der Waals surface area (Å²) in [5, 5.41) is 14.1. The van der Waals surface area contributed by atoms with Gasteiger partial charge in [-0.1, -0.05) is 0 Å². The second kappa shape index (κ2) is 6.15. The number of hydrogen-bond acceptors (Lipinski definition) is 6. The van der Waals surface area contributed by atoms with E-state index >= 15 is 0 Å². The molecule has 0 spiro atoms. The fourth-order valence-corrected chi connectivity index (χ4v) is 1.77. The van der Waals surface area contributed by atoms with E-state index in [-0.39, 0.29) is 17.4 Å². The summed E-state index contributed by atoms with van der Waals surface area (Å²) in [6.45, 7) is 0. The fourth-order valence-electron chi connectivity index (χ4n) is 1.77. The Bertz CT molecular complexity index is 722. The summed E-state index contributed by atoms with van der Waals surface area (Å²) in [6.07, 6.45) is -4.01. The van der Waals surface area contributed by atoms with Crippen LogP contribution in [0.3, 0.4) is 0 Å². The summed E-state index contributed by atoms with van der Waals surface area (Å²) >= 11 is 0. The molecule has 0 saturated heterocycles. The molecule has 0 aliphatic rings. The molecule has 2 aromatic rings. The molecule has 3 N–H and O–H groups in total. The van der Waals surface area contributed by atoms with Crippen molar-refractivity contribution >= 4 is 17.5 Å². The Morgan fingerprint density at radius 1 is 1.26 bits per heavy atom. The molecule has 1 aromatic carbocycles. The first kappa shape index (κ1) is 16.6. The molecular weight excluding hydrogens is 320 g/mol. The second-order valence-electron chi connectivity index (χ2n) is 4.33. The zero-order valence-corrected chi connectivity index (χ0v) is 12.0. The van der Waals surface area contributed by atoms with E-state index in [1.54, 1.807) is 0 Å². The molecule has 0 amide bonds. The van der Waals surface area contributed by atoms with E-state index in [4.69, 9.17) is 4.74 Å². The minimum Gasteiger partial charge on any atom is -0.505 e. The highest BCUT2D eigenvalue weighted by Crippen LogP contribution is 2.35. The number of alkyl halides is 3. The van der Waals surface area contributed by atoms with Crippen LogP contribution in [-0.2, 0) is 6.18 Å². The summed E-state index contributed by atoms with van der Waals surface area (Å²) in [5.74, 6) is -2.14. The highest BCUT2D eigenvalue weighted by atomic mass is 19.4. The number of anilines is 3. The summed E-state index contributed by atoms with van der Waals surface area (Å²) in [4.78, 5) is 7.24. The molecule has 0 atom stereocenters. The van der Waals surface area contributed by atoms with Crippen molar-refractivity contribution in [3.63, 3.8) is 0 Å². The molecule has 23 heavy (non-hydrogen) atoms. The van der Waals surface area contributed by atoms with Gasteiger partial charge in [-0.3, -0.25) is 0 Å². The molecular formula is C13H12F4N4O2. The molecule has 0 aliphatic heterocycles. The van der Waals surface area contributed by atoms with Crippen molar-refractivity contribution in [2.75, 3.05) is 24.8 Å². The maximum atomic E-state index is 13.4. The fraction of sp³-hybridized carbons (Fsp3) is 0.231. The maximum absolute atomic E-state index is 13.4. The van der Waals surface area contributed by atoms with Gasteiger partial charge in [0.25, 0.3) is 0 Å². The molecule has 0 unspecified atom stereocenters. The minimum absolute atomic E-state index is 0.0459. The lowest BCUT2D eigenvalue weighted by Crippen LogP contribution is -2.12. The van der Waals surface area contributed by atoms with Crippen LogP contribution >= 0.6 is 0 Å². The van der Waals surface area contributed by atoms with E-state index in [0.717, 1.165) is 12.1 Å². The van der Waals surface area contributed by atoms with Crippen molar-refractivity contribution in [3.05, 3.63) is 29.7 Å². The maximum Gasteiger partial charge on any atom is 0.421 e. The Morgan fingerprint density at radius 2 is 1.96 bits per heavy atom. The lowest BCUT2D eigenvalue weighted by Gasteiger charge is -2.14. The van der Waals surface area contributed by atoms with Crippen molar-refractivity contribution in [2.24, 2.45) is 0 Å². The molecule has 10 heteroatoms. The molecule has 0 fully saturated rings. The van der Waals surface area contributed by atoms with E-state index in [0.29, 0.717) is 6.20 Å². The van der Waals surface area contributed by atoms with Crippen molar-refractivity contribution in [1.29, 1.82) is 0 Å². The molecule has 1 aromatic heterocycles. The summed E-state index contributed by atoms with van der Waals surface area (Å²) < 4.78 is 56.7. The van der Waals surface area contributed by atoms with Crippen molar-refractivity contribution in [1.82, 2.24) is 9.97 Å². The van der Waals surface area contributed by atoms with Gasteiger partial charge in [0.2, 0.25) is 5.95 Å². The van der Waals surface area contributed by atoms with E-state index < -0.39 is 29.1 Å². The summed E-state index contributed by atoms with van der Waals surface area (Å²) in [6, 6.07) is 1.93. The smallest absolute Gasteiger partial charge is 0.421 e. The van der Waals surface area contributed by atoms with Crippen LogP contribution in [0.1, 0.15) is 5.56 Å². The molecule has 2 rings (SSSR count). The van der Waals surface area contributed by atoms with Crippen LogP contribution < -0.4 is 15.4 Å². The van der Waals surface area contributed by atoms with Gasteiger partial charge >= 0.3 is 6.18 Å². The highest BCUT2D eigenvalue weighted by Gasteiger charge is 2.35. The van der Waals surface area contributed by atoms with E-state index in [1.165, 1.54) is 14.2 Å². The third-order valence-electron chi connectivity index (χ3n) is 2.85. The number of halogens is 4. The number of phenolic OH excluding ortho intramolecular Hbond substituents is 1. The number of nitrogens with one attached hydrogen (secondary N) is 2. The molecule has 0 aliphatic carbocycles. The zero-order chi connectivity index (χ0) is 17.2. The van der Waals surface area contributed by atoms with Gasteiger partial charge in [0.15, 0.2) is 11.6 Å². The number of ether oxygens (including phenoxy) is 1. The van der Waals surface area contributed by atoms with Crippen molar-refractivity contribution < 1.29 is 27.4 Å². The summed E-state index contributed by atoms with van der Waals surface area (Å²) in [7, 11) is 2.56. The molecule has 0 saturated carbocycles. The number of methoxy groups -OCH3 is 1. The second-order valence-corrected chi connectivity index (χ2v) is 4.33. The Labute approximate surface area is 128 Å². The normalized spacial score (nSPS) is 11.2. The van der Waals surface area contributed by atoms with Gasteiger partial charge in [-0.2, -0.15) is 18.2 Å². The lowest BCUT2D eigenvalue weighted by molar-refractivity contribution is -0.137. The quantitative estimate of drug-likeness (QED) is 0.590. The number of aromatic nitrogens is 2. The first-order valence-electron chi connectivity index (χ1n) is 6.21. The van der Waals surface area contributed by atoms with Gasteiger partial charge in [-0.25, -0.2) is 9.37 Å². The topological polar surface area (TPSA) is 79.3 Å². The van der Waals surface area contributed by atoms with Gasteiger partial charge in [-0.05, 0) is 0 Å². The van der Waals surface area contributed by atoms with Gasteiger partial charge < -0.3 is 20.5 Å². The van der Waals surface area contributed by atoms with E-state index in [2.05, 4.69) is 20.6 Å². The van der Waals surface area contributed by atoms with E-state index in [1.807, 2.05) is 0 Å². The third-order valence-corrected chi connectivity index (χ3v) is 2.85. The Kier molecular flexibility index (Phi) is 4.43. The van der Waals surface area contributed by atoms with Crippen LogP contribution in [0, 0.1) is 5.82 Å². The molecule has 124 valence electrons. The largest absolute Gasteiger partial charge is 0.505 e. The number of aromatic hydroxyl groups is 1. The Morgan fingerprint density at radius 3 is 2.52 bits per heavy atom. The Hall–Kier alpha value is -2.78. The number of nitrogens with zero attached hydrogens (tertiary/aromatic N) is 2. The van der Waals surface area contributed by atoms with Crippen LogP contribution in [0.2, 0.25) is 0 Å². The molecule has 1 heterocycles. The number of rotatable bonds is 4. The molecule has 0 bridgehead atoms. The Balaban J connectivity index is 2.40. The first-order valence-corrected chi connectivity index (χ1v) is 6.21. The predicted molar refractivity (Wildman–Crippen MR) is 74.5 cm³/mol.